The summed E-state index contributed by atoms with van der Waals surface area (Å²) >= 11 is 5.93. The van der Waals surface area contributed by atoms with Crippen LogP contribution in [0.2, 0.25) is 5.02 Å². The van der Waals surface area contributed by atoms with Crippen LogP contribution in [0.15, 0.2) is 24.3 Å². The molecule has 0 spiro atoms. The minimum absolute atomic E-state index is 0.144. The maximum absolute atomic E-state index is 12.3. The molecule has 0 saturated heterocycles. The first kappa shape index (κ1) is 18.1. The molecule has 0 atom stereocenters. The molecule has 1 aromatic carbocycles. The number of carbonyl (C=O) groups is 1. The lowest BCUT2D eigenvalue weighted by Crippen LogP contribution is -2.44. The number of carbonyl (C=O) groups excluding carboxylic acids is 1. The van der Waals surface area contributed by atoms with E-state index in [1.54, 1.807) is 24.3 Å². The van der Waals surface area contributed by atoms with Crippen molar-refractivity contribution in [3.05, 3.63) is 29.3 Å². The Bertz CT molecular complexity index is 640. The Morgan fingerprint density at radius 3 is 2.48 bits per heavy atom. The molecule has 1 aliphatic rings. The molecule has 128 valence electrons. The van der Waals surface area contributed by atoms with Crippen LogP contribution in [0.1, 0.15) is 38.5 Å². The van der Waals surface area contributed by atoms with Crippen molar-refractivity contribution < 1.29 is 13.2 Å². The van der Waals surface area contributed by atoms with Crippen molar-refractivity contribution in [2.45, 2.75) is 44.6 Å². The van der Waals surface area contributed by atoms with Crippen LogP contribution in [0, 0.1) is 0 Å². The van der Waals surface area contributed by atoms with E-state index in [2.05, 4.69) is 5.32 Å². The SMILES string of the molecule is CS(=O)(=O)N(CC(=O)NC1CCCCCC1)c1cccc(Cl)c1. The summed E-state index contributed by atoms with van der Waals surface area (Å²) in [6, 6.07) is 6.65. The van der Waals surface area contributed by atoms with Crippen LogP contribution >= 0.6 is 11.6 Å². The van der Waals surface area contributed by atoms with E-state index in [9.17, 15) is 13.2 Å². The Morgan fingerprint density at radius 1 is 1.26 bits per heavy atom. The van der Waals surface area contributed by atoms with Crippen molar-refractivity contribution in [1.82, 2.24) is 5.32 Å². The number of sulfonamides is 1. The molecule has 0 radical (unpaired) electrons. The van der Waals surface area contributed by atoms with Gasteiger partial charge in [-0.25, -0.2) is 8.42 Å². The lowest BCUT2D eigenvalue weighted by atomic mass is 10.1. The van der Waals surface area contributed by atoms with E-state index in [-0.39, 0.29) is 18.5 Å². The molecule has 0 bridgehead atoms. The molecule has 1 amide bonds. The van der Waals surface area contributed by atoms with Gasteiger partial charge in [0.25, 0.3) is 0 Å². The number of hydrogen-bond acceptors (Lipinski definition) is 3. The van der Waals surface area contributed by atoms with Crippen LogP contribution < -0.4 is 9.62 Å². The second-order valence-electron chi connectivity index (χ2n) is 6.01. The molecule has 7 heteroatoms. The maximum atomic E-state index is 12.3. The zero-order valence-corrected chi connectivity index (χ0v) is 14.9. The first-order valence-corrected chi connectivity index (χ1v) is 10.1. The fraction of sp³-hybridized carbons (Fsp3) is 0.562. The number of anilines is 1. The fourth-order valence-corrected chi connectivity index (χ4v) is 3.89. The van der Waals surface area contributed by atoms with Gasteiger partial charge in [0.2, 0.25) is 15.9 Å². The summed E-state index contributed by atoms with van der Waals surface area (Å²) in [6.45, 7) is -0.227. The molecular formula is C16H23ClN2O3S. The molecule has 0 aromatic heterocycles. The summed E-state index contributed by atoms with van der Waals surface area (Å²) < 4.78 is 25.1. The van der Waals surface area contributed by atoms with Gasteiger partial charge in [0, 0.05) is 11.1 Å². The van der Waals surface area contributed by atoms with Gasteiger partial charge in [-0.3, -0.25) is 9.10 Å². The lowest BCUT2D eigenvalue weighted by Gasteiger charge is -2.24. The van der Waals surface area contributed by atoms with Crippen LogP contribution in [0.25, 0.3) is 0 Å². The van der Waals surface area contributed by atoms with E-state index in [1.165, 1.54) is 12.8 Å². The topological polar surface area (TPSA) is 66.5 Å². The average Bonchev–Trinajstić information content (AvgIpc) is 2.72. The third-order valence-electron chi connectivity index (χ3n) is 4.00. The molecule has 1 fully saturated rings. The molecule has 23 heavy (non-hydrogen) atoms. The molecule has 1 aliphatic carbocycles. The number of hydrogen-bond donors (Lipinski definition) is 1. The van der Waals surface area contributed by atoms with Crippen molar-refractivity contribution in [2.75, 3.05) is 17.1 Å². The van der Waals surface area contributed by atoms with Gasteiger partial charge in [-0.1, -0.05) is 43.4 Å². The van der Waals surface area contributed by atoms with Crippen LogP contribution in [-0.2, 0) is 14.8 Å². The number of nitrogens with zero attached hydrogens (tertiary/aromatic N) is 1. The van der Waals surface area contributed by atoms with E-state index >= 15 is 0 Å². The Kier molecular flexibility index (Phi) is 6.30. The summed E-state index contributed by atoms with van der Waals surface area (Å²) in [4.78, 5) is 12.3. The van der Waals surface area contributed by atoms with E-state index in [4.69, 9.17) is 11.6 Å². The zero-order chi connectivity index (χ0) is 16.9. The highest BCUT2D eigenvalue weighted by molar-refractivity contribution is 7.92. The van der Waals surface area contributed by atoms with E-state index < -0.39 is 10.0 Å². The highest BCUT2D eigenvalue weighted by Crippen LogP contribution is 2.22. The molecule has 0 unspecified atom stereocenters. The summed E-state index contributed by atoms with van der Waals surface area (Å²) in [5, 5.41) is 3.40. The van der Waals surface area contributed by atoms with Gasteiger partial charge < -0.3 is 5.32 Å². The Balaban J connectivity index is 2.07. The summed E-state index contributed by atoms with van der Waals surface area (Å²) in [7, 11) is -3.56. The van der Waals surface area contributed by atoms with Crippen LogP contribution in [-0.4, -0.2) is 33.2 Å². The van der Waals surface area contributed by atoms with Gasteiger partial charge in [-0.05, 0) is 31.0 Å². The van der Waals surface area contributed by atoms with Crippen LogP contribution in [0.4, 0.5) is 5.69 Å². The molecule has 0 aliphatic heterocycles. The van der Waals surface area contributed by atoms with Crippen molar-refractivity contribution >= 4 is 33.2 Å². The minimum atomic E-state index is -3.56. The largest absolute Gasteiger partial charge is 0.352 e. The number of nitrogens with one attached hydrogen (secondary N) is 1. The van der Waals surface area contributed by atoms with Crippen molar-refractivity contribution in [3.8, 4) is 0 Å². The zero-order valence-electron chi connectivity index (χ0n) is 13.3. The molecule has 1 saturated carbocycles. The number of benzene rings is 1. The maximum Gasteiger partial charge on any atom is 0.240 e. The van der Waals surface area contributed by atoms with Gasteiger partial charge in [0.05, 0.1) is 11.9 Å². The molecule has 2 rings (SSSR count). The van der Waals surface area contributed by atoms with Crippen molar-refractivity contribution in [2.24, 2.45) is 0 Å². The first-order chi connectivity index (χ1) is 10.9. The second-order valence-corrected chi connectivity index (χ2v) is 8.35. The Hall–Kier alpha value is -1.27. The molecule has 1 N–H and O–H groups in total. The highest BCUT2D eigenvalue weighted by Gasteiger charge is 2.23. The third kappa shape index (κ3) is 5.70. The number of halogens is 1. The Morgan fingerprint density at radius 2 is 1.91 bits per heavy atom. The summed E-state index contributed by atoms with van der Waals surface area (Å²) in [5.41, 5.74) is 0.399. The van der Waals surface area contributed by atoms with Gasteiger partial charge >= 0.3 is 0 Å². The monoisotopic (exact) mass is 358 g/mol. The summed E-state index contributed by atoms with van der Waals surface area (Å²) in [6.07, 6.45) is 7.62. The van der Waals surface area contributed by atoms with Crippen LogP contribution in [0.5, 0.6) is 0 Å². The Labute approximate surface area is 143 Å². The van der Waals surface area contributed by atoms with Crippen LogP contribution in [0.3, 0.4) is 0 Å². The van der Waals surface area contributed by atoms with Gasteiger partial charge in [-0.15, -0.1) is 0 Å². The predicted molar refractivity (Wildman–Crippen MR) is 93.3 cm³/mol. The lowest BCUT2D eigenvalue weighted by molar-refractivity contribution is -0.120. The van der Waals surface area contributed by atoms with E-state index in [0.29, 0.717) is 10.7 Å². The smallest absolute Gasteiger partial charge is 0.240 e. The standard InChI is InChI=1S/C16H23ClN2O3S/c1-23(21,22)19(15-10-6-7-13(17)11-15)12-16(20)18-14-8-4-2-3-5-9-14/h6-7,10-11,14H,2-5,8-9,12H2,1H3,(H,18,20). The molecule has 5 nitrogen and oxygen atoms in total. The van der Waals surface area contributed by atoms with E-state index in [1.807, 2.05) is 0 Å². The van der Waals surface area contributed by atoms with Gasteiger partial charge in [0.1, 0.15) is 6.54 Å². The predicted octanol–water partition coefficient (Wildman–Crippen LogP) is 2.95. The third-order valence-corrected chi connectivity index (χ3v) is 5.38. The fourth-order valence-electron chi connectivity index (χ4n) is 2.86. The van der Waals surface area contributed by atoms with Crippen molar-refractivity contribution in [1.29, 1.82) is 0 Å². The van der Waals surface area contributed by atoms with Crippen molar-refractivity contribution in [3.63, 3.8) is 0 Å². The second kappa shape index (κ2) is 8.02. The minimum Gasteiger partial charge on any atom is -0.352 e. The molecule has 1 aromatic rings. The normalized spacial score (nSPS) is 16.6. The average molecular weight is 359 g/mol. The quantitative estimate of drug-likeness (QED) is 0.823. The number of rotatable bonds is 5. The highest BCUT2D eigenvalue weighted by atomic mass is 35.5. The number of amides is 1. The van der Waals surface area contributed by atoms with Gasteiger partial charge in [-0.2, -0.15) is 0 Å². The molecular weight excluding hydrogens is 336 g/mol. The summed E-state index contributed by atoms with van der Waals surface area (Å²) in [5.74, 6) is -0.276. The van der Waals surface area contributed by atoms with E-state index in [0.717, 1.165) is 36.2 Å². The molecule has 0 heterocycles. The van der Waals surface area contributed by atoms with Gasteiger partial charge in [0.15, 0.2) is 0 Å². The first-order valence-electron chi connectivity index (χ1n) is 7.89.